The third-order valence-electron chi connectivity index (χ3n) is 2.86. The highest BCUT2D eigenvalue weighted by molar-refractivity contribution is 6.31. The lowest BCUT2D eigenvalue weighted by Crippen LogP contribution is -2.16. The molecule has 1 heterocycles. The molecule has 0 spiro atoms. The maximum absolute atomic E-state index is 11.1. The fourth-order valence-corrected chi connectivity index (χ4v) is 2.07. The maximum atomic E-state index is 11.1. The van der Waals surface area contributed by atoms with Crippen LogP contribution in [0.1, 0.15) is 13.4 Å². The number of hydrogen-bond donors (Lipinski definition) is 1. The average Bonchev–Trinajstić information content (AvgIpc) is 2.66. The third-order valence-corrected chi connectivity index (χ3v) is 2.86. The Kier molecular flexibility index (Phi) is 1.80. The Morgan fingerprint density at radius 1 is 1.38 bits per heavy atom. The molecule has 0 aromatic heterocycles. The number of para-hydroxylation sites is 1. The zero-order valence-electron chi connectivity index (χ0n) is 9.60. The van der Waals surface area contributed by atoms with Crippen molar-refractivity contribution in [2.24, 2.45) is 10.7 Å². The van der Waals surface area contributed by atoms with Gasteiger partial charge in [-0.2, -0.15) is 0 Å². The van der Waals surface area contributed by atoms with Crippen LogP contribution in [0.3, 0.4) is 0 Å². The molecule has 3 heteroatoms. The van der Waals surface area contributed by atoms with Crippen LogP contribution in [0.4, 0.5) is 5.69 Å². The zero-order chi connectivity index (χ0) is 11.1. The van der Waals surface area contributed by atoms with Gasteiger partial charge in [-0.05, 0) is 12.1 Å². The summed E-state index contributed by atoms with van der Waals surface area (Å²) < 4.78 is 0. The van der Waals surface area contributed by atoms with Gasteiger partial charge >= 0.3 is 1.43 Å². The molecule has 78 valence electrons. The van der Waals surface area contributed by atoms with Crippen LogP contribution in [0, 0.1) is 0 Å². The van der Waals surface area contributed by atoms with Crippen molar-refractivity contribution in [3.8, 4) is 0 Å². The highest BCUT2D eigenvalue weighted by Crippen LogP contribution is 2.38. The second-order valence-electron chi connectivity index (χ2n) is 3.86. The van der Waals surface area contributed by atoms with Crippen LogP contribution in [0.15, 0.2) is 47.0 Å². The Bertz CT molecular complexity index is 585. The number of amides is 1. The van der Waals surface area contributed by atoms with Crippen molar-refractivity contribution in [1.82, 2.24) is 0 Å². The lowest BCUT2D eigenvalue weighted by atomic mass is 9.93. The van der Waals surface area contributed by atoms with Crippen LogP contribution >= 0.6 is 0 Å². The van der Waals surface area contributed by atoms with Gasteiger partial charge in [0.1, 0.15) is 0 Å². The molecule has 0 unspecified atom stereocenters. The molecule has 16 heavy (non-hydrogen) atoms. The molecule has 0 bridgehead atoms. The number of benzene rings is 1. The van der Waals surface area contributed by atoms with E-state index in [1.54, 1.807) is 0 Å². The molecule has 0 fully saturated rings. The van der Waals surface area contributed by atoms with Crippen molar-refractivity contribution in [2.75, 3.05) is 0 Å². The summed E-state index contributed by atoms with van der Waals surface area (Å²) >= 11 is 0. The summed E-state index contributed by atoms with van der Waals surface area (Å²) in [5, 5.41) is 0. The predicted molar refractivity (Wildman–Crippen MR) is 64.5 cm³/mol. The Hall–Kier alpha value is -2.16. The van der Waals surface area contributed by atoms with Crippen LogP contribution in [-0.4, -0.2) is 11.6 Å². The zero-order valence-corrected chi connectivity index (χ0v) is 8.60. The van der Waals surface area contributed by atoms with Gasteiger partial charge in [-0.25, -0.2) is 0 Å². The van der Waals surface area contributed by atoms with Crippen molar-refractivity contribution in [1.29, 1.82) is 0 Å². The third kappa shape index (κ3) is 1.21. The highest BCUT2D eigenvalue weighted by Gasteiger charge is 2.23. The summed E-state index contributed by atoms with van der Waals surface area (Å²) in [6.07, 6.45) is 4.34. The van der Waals surface area contributed by atoms with Crippen molar-refractivity contribution in [3.63, 3.8) is 0 Å². The van der Waals surface area contributed by atoms with Crippen LogP contribution in [0.2, 0.25) is 0 Å². The van der Waals surface area contributed by atoms with Gasteiger partial charge in [0, 0.05) is 23.1 Å². The SMILES string of the molecule is NC(=O)C1=CCC2=Nc3ccccc3C2=C1.[H+]. The van der Waals surface area contributed by atoms with Gasteiger partial charge in [-0.15, -0.1) is 0 Å². The van der Waals surface area contributed by atoms with E-state index in [4.69, 9.17) is 5.73 Å². The number of fused-ring (bicyclic) bond motifs is 3. The van der Waals surface area contributed by atoms with Gasteiger partial charge < -0.3 is 5.73 Å². The van der Waals surface area contributed by atoms with Crippen LogP contribution < -0.4 is 5.73 Å². The smallest absolute Gasteiger partial charge is 0.366 e. The number of allylic oxidation sites excluding steroid dienone is 2. The lowest BCUT2D eigenvalue weighted by molar-refractivity contribution is -0.114. The van der Waals surface area contributed by atoms with Crippen LogP contribution in [0.5, 0.6) is 0 Å². The fourth-order valence-electron chi connectivity index (χ4n) is 2.07. The number of carbonyl (C=O) groups excluding carboxylic acids is 1. The van der Waals surface area contributed by atoms with Gasteiger partial charge in [-0.1, -0.05) is 24.3 Å². The minimum Gasteiger partial charge on any atom is -0.366 e. The average molecular weight is 211 g/mol. The van der Waals surface area contributed by atoms with E-state index in [-0.39, 0.29) is 7.33 Å². The topological polar surface area (TPSA) is 55.5 Å². The molecule has 2 N–H and O–H groups in total. The molecule has 0 radical (unpaired) electrons. The van der Waals surface area contributed by atoms with Crippen molar-refractivity contribution in [2.45, 2.75) is 6.42 Å². The van der Waals surface area contributed by atoms with E-state index in [0.717, 1.165) is 22.5 Å². The van der Waals surface area contributed by atoms with Gasteiger partial charge in [0.2, 0.25) is 5.91 Å². The summed E-state index contributed by atoms with van der Waals surface area (Å²) in [7, 11) is 0. The number of hydrogen-bond acceptors (Lipinski definition) is 2. The van der Waals surface area contributed by atoms with E-state index < -0.39 is 0 Å². The van der Waals surface area contributed by atoms with E-state index in [2.05, 4.69) is 4.99 Å². The van der Waals surface area contributed by atoms with Crippen LogP contribution in [0.25, 0.3) is 5.57 Å². The first kappa shape index (κ1) is 9.09. The van der Waals surface area contributed by atoms with Gasteiger partial charge in [-0.3, -0.25) is 9.79 Å². The molecule has 0 saturated carbocycles. The predicted octanol–water partition coefficient (Wildman–Crippen LogP) is 2.08. The summed E-state index contributed by atoms with van der Waals surface area (Å²) in [4.78, 5) is 15.6. The van der Waals surface area contributed by atoms with Crippen molar-refractivity contribution >= 4 is 22.9 Å². The first-order valence-corrected chi connectivity index (χ1v) is 5.15. The van der Waals surface area contributed by atoms with E-state index >= 15 is 0 Å². The minimum absolute atomic E-state index is 0. The van der Waals surface area contributed by atoms with Gasteiger partial charge in [0.25, 0.3) is 0 Å². The molecule has 1 aromatic rings. The van der Waals surface area contributed by atoms with Gasteiger partial charge in [0.15, 0.2) is 0 Å². The molecule has 1 aliphatic carbocycles. The van der Waals surface area contributed by atoms with Crippen LogP contribution in [-0.2, 0) is 4.79 Å². The Labute approximate surface area is 94.5 Å². The van der Waals surface area contributed by atoms with Crippen molar-refractivity contribution in [3.05, 3.63) is 47.6 Å². The number of aliphatic imine (C=N–C) groups is 1. The Balaban J connectivity index is 0.00000108. The van der Waals surface area contributed by atoms with E-state index in [9.17, 15) is 4.79 Å². The Morgan fingerprint density at radius 2 is 2.19 bits per heavy atom. The quantitative estimate of drug-likeness (QED) is 0.759. The fraction of sp³-hybridized carbons (Fsp3) is 0.0769. The maximum Gasteiger partial charge on any atom is 1.00 e. The molecular formula is C13H11N2O+. The molecular weight excluding hydrogens is 200 g/mol. The first-order chi connectivity index (χ1) is 7.75. The molecule has 0 saturated heterocycles. The van der Waals surface area contributed by atoms with E-state index in [1.165, 1.54) is 0 Å². The second kappa shape index (κ2) is 3.17. The number of nitrogens with two attached hydrogens (primary N) is 1. The largest absolute Gasteiger partial charge is 1.00 e. The van der Waals surface area contributed by atoms with E-state index in [1.807, 2.05) is 36.4 Å². The summed E-state index contributed by atoms with van der Waals surface area (Å²) in [5.74, 6) is -0.379. The van der Waals surface area contributed by atoms with Crippen molar-refractivity contribution < 1.29 is 6.22 Å². The Morgan fingerprint density at radius 3 is 3.00 bits per heavy atom. The molecule has 3 rings (SSSR count). The standard InChI is InChI=1S/C13H10N2O/c14-13(16)8-5-6-12-10(7-8)9-3-1-2-4-11(9)15-12/h1-5,7H,6H2,(H2,14,16)/p+1. The lowest BCUT2D eigenvalue weighted by Gasteiger charge is -2.09. The molecule has 1 amide bonds. The summed E-state index contributed by atoms with van der Waals surface area (Å²) in [6.45, 7) is 0. The highest BCUT2D eigenvalue weighted by atomic mass is 16.1. The monoisotopic (exact) mass is 211 g/mol. The summed E-state index contributed by atoms with van der Waals surface area (Å²) in [6, 6.07) is 7.93. The normalized spacial score (nSPS) is 16.9. The molecule has 2 aliphatic rings. The number of carbonyl (C=O) groups is 1. The molecule has 1 aromatic carbocycles. The minimum atomic E-state index is -0.379. The summed E-state index contributed by atoms with van der Waals surface area (Å²) in [5.41, 5.74) is 9.97. The van der Waals surface area contributed by atoms with Gasteiger partial charge in [0.05, 0.1) is 11.4 Å². The number of nitrogens with zero attached hydrogens (tertiary/aromatic N) is 1. The van der Waals surface area contributed by atoms with E-state index in [0.29, 0.717) is 12.0 Å². The first-order valence-electron chi connectivity index (χ1n) is 5.15. The molecule has 1 aliphatic heterocycles. The number of primary amides is 1. The second-order valence-corrected chi connectivity index (χ2v) is 3.86. The number of rotatable bonds is 1. The molecule has 0 atom stereocenters. The molecule has 3 nitrogen and oxygen atoms in total.